The first kappa shape index (κ1) is 20.6. The molecule has 1 aliphatic carbocycles. The molecule has 4 rings (SSSR count). The fraction of sp³-hybridized carbons (Fsp3) is 0.421. The van der Waals surface area contributed by atoms with E-state index in [0.717, 1.165) is 30.7 Å². The first-order valence-corrected chi connectivity index (χ1v) is 11.7. The number of hydrogen-bond acceptors (Lipinski definition) is 8. The van der Waals surface area contributed by atoms with Crippen molar-refractivity contribution in [1.29, 1.82) is 0 Å². The summed E-state index contributed by atoms with van der Waals surface area (Å²) >= 11 is 0. The third kappa shape index (κ3) is 4.40. The van der Waals surface area contributed by atoms with Crippen molar-refractivity contribution in [3.8, 4) is 5.75 Å². The number of nitrogens with zero attached hydrogens (tertiary/aromatic N) is 4. The van der Waals surface area contributed by atoms with Gasteiger partial charge in [-0.3, -0.25) is 4.57 Å². The zero-order chi connectivity index (χ0) is 21.1. The number of nitrogens with two attached hydrogens (primary N) is 1. The van der Waals surface area contributed by atoms with E-state index in [2.05, 4.69) is 20.3 Å². The topological polar surface area (TPSA) is 137 Å². The van der Waals surface area contributed by atoms with Gasteiger partial charge in [-0.1, -0.05) is 6.42 Å². The summed E-state index contributed by atoms with van der Waals surface area (Å²) < 4.78 is 24.7. The predicted octanol–water partition coefficient (Wildman–Crippen LogP) is 2.96. The van der Waals surface area contributed by atoms with Gasteiger partial charge in [0, 0.05) is 17.9 Å². The van der Waals surface area contributed by atoms with Crippen molar-refractivity contribution in [3.05, 3.63) is 30.6 Å². The summed E-state index contributed by atoms with van der Waals surface area (Å²) in [7, 11) is -1.61. The lowest BCUT2D eigenvalue weighted by molar-refractivity contribution is 0.157. The van der Waals surface area contributed by atoms with Gasteiger partial charge in [-0.25, -0.2) is 4.98 Å². The number of fused-ring (bicyclic) bond motifs is 1. The van der Waals surface area contributed by atoms with E-state index in [-0.39, 0.29) is 24.6 Å². The van der Waals surface area contributed by atoms with E-state index in [1.165, 1.54) is 0 Å². The van der Waals surface area contributed by atoms with Gasteiger partial charge in [-0.05, 0) is 37.1 Å². The highest BCUT2D eigenvalue weighted by molar-refractivity contribution is 7.58. The van der Waals surface area contributed by atoms with Crippen LogP contribution in [-0.4, -0.2) is 50.1 Å². The Labute approximate surface area is 173 Å². The molecule has 2 aromatic heterocycles. The second kappa shape index (κ2) is 8.59. The van der Waals surface area contributed by atoms with E-state index >= 15 is 0 Å². The van der Waals surface area contributed by atoms with Gasteiger partial charge >= 0.3 is 0 Å². The summed E-state index contributed by atoms with van der Waals surface area (Å²) in [6.07, 6.45) is 4.15. The van der Waals surface area contributed by atoms with Crippen LogP contribution >= 0.6 is 7.37 Å². The molecule has 4 N–H and O–H groups in total. The second-order valence-electron chi connectivity index (χ2n) is 7.27. The molecule has 0 aliphatic heterocycles. The lowest BCUT2D eigenvalue weighted by Gasteiger charge is -2.29. The Morgan fingerprint density at radius 2 is 2.07 bits per heavy atom. The third-order valence-electron chi connectivity index (χ3n) is 5.23. The number of aromatic nitrogens is 4. The fourth-order valence-corrected chi connectivity index (χ4v) is 5.05. The molecule has 2 heterocycles. The molecular weight excluding hydrogens is 407 g/mol. The van der Waals surface area contributed by atoms with E-state index in [1.54, 1.807) is 18.0 Å². The Kier molecular flexibility index (Phi) is 5.90. The molecule has 30 heavy (non-hydrogen) atoms. The summed E-state index contributed by atoms with van der Waals surface area (Å²) in [6.45, 7) is 0.702. The van der Waals surface area contributed by atoms with Crippen molar-refractivity contribution < 1.29 is 18.9 Å². The van der Waals surface area contributed by atoms with Crippen molar-refractivity contribution in [3.63, 3.8) is 0 Å². The number of nitrogen functional groups attached to an aromatic ring is 1. The van der Waals surface area contributed by atoms with Crippen LogP contribution in [0.3, 0.4) is 0 Å². The number of anilines is 3. The fourth-order valence-electron chi connectivity index (χ4n) is 3.28. The van der Waals surface area contributed by atoms with Gasteiger partial charge in [0.1, 0.15) is 12.1 Å². The molecule has 3 aromatic rings. The Morgan fingerprint density at radius 3 is 2.73 bits per heavy atom. The first-order valence-electron chi connectivity index (χ1n) is 9.75. The molecule has 1 fully saturated rings. The molecule has 1 aliphatic rings. The molecule has 1 saturated carbocycles. The molecule has 0 saturated heterocycles. The van der Waals surface area contributed by atoms with Crippen molar-refractivity contribution in [2.45, 2.75) is 31.5 Å². The molecule has 11 heteroatoms. The van der Waals surface area contributed by atoms with Gasteiger partial charge in [-0.15, -0.1) is 0 Å². The molecular formula is C19H25N6O4P. The Morgan fingerprint density at radius 1 is 1.30 bits per heavy atom. The molecule has 0 radical (unpaired) electrons. The number of hydrogen-bond donors (Lipinski definition) is 3. The number of imidazole rings is 1. The minimum atomic E-state index is -3.22. The largest absolute Gasteiger partial charge is 0.497 e. The molecule has 1 aromatic carbocycles. The zero-order valence-electron chi connectivity index (χ0n) is 16.7. The maximum Gasteiger partial charge on any atom is 0.228 e. The van der Waals surface area contributed by atoms with Crippen LogP contribution in [0.5, 0.6) is 5.75 Å². The maximum atomic E-state index is 12.2. The molecule has 0 spiro atoms. The van der Waals surface area contributed by atoms with Crippen LogP contribution < -0.4 is 15.8 Å². The van der Waals surface area contributed by atoms with Crippen molar-refractivity contribution in [1.82, 2.24) is 19.5 Å². The van der Waals surface area contributed by atoms with Gasteiger partial charge in [0.25, 0.3) is 0 Å². The van der Waals surface area contributed by atoms with E-state index in [0.29, 0.717) is 23.5 Å². The van der Waals surface area contributed by atoms with E-state index < -0.39 is 7.37 Å². The number of ether oxygens (including phenoxy) is 2. The molecule has 10 nitrogen and oxygen atoms in total. The summed E-state index contributed by atoms with van der Waals surface area (Å²) in [5.41, 5.74) is 7.73. The van der Waals surface area contributed by atoms with Crippen LogP contribution in [0.4, 0.5) is 17.5 Å². The van der Waals surface area contributed by atoms with Crippen molar-refractivity contribution >= 4 is 36.0 Å². The highest BCUT2D eigenvalue weighted by Gasteiger charge is 2.35. The second-order valence-corrected chi connectivity index (χ2v) is 9.77. The maximum absolute atomic E-state index is 12.2. The zero-order valence-corrected chi connectivity index (χ0v) is 17.6. The Bertz CT molecular complexity index is 1070. The first-order chi connectivity index (χ1) is 14.5. The summed E-state index contributed by atoms with van der Waals surface area (Å²) in [5, 5.41) is 3.20. The summed E-state index contributed by atoms with van der Waals surface area (Å²) in [4.78, 5) is 23.0. The number of benzene rings is 1. The van der Waals surface area contributed by atoms with Gasteiger partial charge in [0.05, 0.1) is 20.0 Å². The van der Waals surface area contributed by atoms with Gasteiger partial charge in [0.15, 0.2) is 17.0 Å². The van der Waals surface area contributed by atoms with Crippen molar-refractivity contribution in [2.24, 2.45) is 0 Å². The van der Waals surface area contributed by atoms with Gasteiger partial charge in [0.2, 0.25) is 13.3 Å². The minimum absolute atomic E-state index is 0.106. The highest BCUT2D eigenvalue weighted by atomic mass is 31.2. The van der Waals surface area contributed by atoms with E-state index in [9.17, 15) is 9.46 Å². The third-order valence-corrected chi connectivity index (χ3v) is 7.44. The van der Waals surface area contributed by atoms with Crippen molar-refractivity contribution in [2.75, 3.05) is 31.1 Å². The lowest BCUT2D eigenvalue weighted by atomic mass is 10.00. The van der Waals surface area contributed by atoms with Crippen LogP contribution in [-0.2, 0) is 15.8 Å². The molecule has 1 atom stereocenters. The molecule has 0 bridgehead atoms. The Hall–Kier alpha value is -2.68. The van der Waals surface area contributed by atoms with E-state index in [4.69, 9.17) is 15.2 Å². The number of methoxy groups -OCH3 is 1. The SMILES string of the molecule is COc1ccc(Nc2nc(N)nc3c2ncn3CCOCP(=O)(O)C2CCC2)cc1. The minimum Gasteiger partial charge on any atom is -0.497 e. The predicted molar refractivity (Wildman–Crippen MR) is 114 cm³/mol. The number of nitrogens with one attached hydrogen (secondary N) is 1. The van der Waals surface area contributed by atoms with Crippen LogP contribution in [0.15, 0.2) is 30.6 Å². The van der Waals surface area contributed by atoms with Gasteiger partial charge < -0.3 is 30.0 Å². The van der Waals surface area contributed by atoms with Crippen LogP contribution in [0.1, 0.15) is 19.3 Å². The monoisotopic (exact) mass is 432 g/mol. The van der Waals surface area contributed by atoms with Gasteiger partial charge in [-0.2, -0.15) is 9.97 Å². The summed E-state index contributed by atoms with van der Waals surface area (Å²) in [6, 6.07) is 7.40. The average Bonchev–Trinajstić information content (AvgIpc) is 3.07. The quantitative estimate of drug-likeness (QED) is 0.344. The molecule has 0 amide bonds. The lowest BCUT2D eigenvalue weighted by Crippen LogP contribution is -2.20. The van der Waals surface area contributed by atoms with Crippen LogP contribution in [0.2, 0.25) is 0 Å². The average molecular weight is 432 g/mol. The highest BCUT2D eigenvalue weighted by Crippen LogP contribution is 2.54. The van der Waals surface area contributed by atoms with E-state index in [1.807, 2.05) is 24.3 Å². The normalized spacial score (nSPS) is 16.2. The standard InChI is InChI=1S/C19H25N6O4P/c1-28-14-7-5-13(6-8-14)22-17-16-18(24-19(20)23-17)25(11-21-16)9-10-29-12-30(26,27)15-3-2-4-15/h5-8,11,15H,2-4,9-10,12H2,1H3,(H,26,27)(H3,20,22,23,24). The smallest absolute Gasteiger partial charge is 0.228 e. The molecule has 160 valence electrons. The molecule has 1 unspecified atom stereocenters. The number of rotatable bonds is 9. The van der Waals surface area contributed by atoms with Crippen LogP contribution in [0, 0.1) is 0 Å². The summed E-state index contributed by atoms with van der Waals surface area (Å²) in [5.74, 6) is 1.36. The Balaban J connectivity index is 1.44. The van der Waals surface area contributed by atoms with Crippen LogP contribution in [0.25, 0.3) is 11.2 Å².